The molecule has 0 aromatic rings. The summed E-state index contributed by atoms with van der Waals surface area (Å²) in [6, 6.07) is 0. The van der Waals surface area contributed by atoms with Crippen LogP contribution in [0.5, 0.6) is 0 Å². The predicted octanol–water partition coefficient (Wildman–Crippen LogP) is 9.36. The van der Waals surface area contributed by atoms with Gasteiger partial charge < -0.3 is 23.6 Å². The van der Waals surface area contributed by atoms with E-state index in [1.165, 1.54) is 64.2 Å². The van der Waals surface area contributed by atoms with Crippen molar-refractivity contribution in [1.29, 1.82) is 0 Å². The molecule has 1 N–H and O–H groups in total. The molecule has 1 fully saturated rings. The Labute approximate surface area is 338 Å². The maximum atomic E-state index is 12.8. The van der Waals surface area contributed by atoms with Gasteiger partial charge in [-0.2, -0.15) is 0 Å². The fourth-order valence-electron chi connectivity index (χ4n) is 6.41. The van der Waals surface area contributed by atoms with E-state index in [1.807, 2.05) is 33.3 Å². The lowest BCUT2D eigenvalue weighted by molar-refractivity contribution is -0.870. The molecule has 1 aliphatic heterocycles. The number of phosphoric acid groups is 1. The lowest BCUT2D eigenvalue weighted by atomic mass is 9.96. The van der Waals surface area contributed by atoms with Gasteiger partial charge in [0.1, 0.15) is 25.9 Å². The van der Waals surface area contributed by atoms with Crippen LogP contribution in [0.25, 0.3) is 0 Å². The van der Waals surface area contributed by atoms with E-state index in [-0.39, 0.29) is 50.0 Å². The first kappa shape index (κ1) is 49.8. The van der Waals surface area contributed by atoms with Gasteiger partial charge in [-0.25, -0.2) is 4.57 Å². The van der Waals surface area contributed by atoms with Crippen LogP contribution in [0.4, 0.5) is 0 Å². The topological polar surface area (TPSA) is 138 Å². The monoisotopic (exact) mass is 809 g/mol. The number of carbonyl (C=O) groups is 3. The highest BCUT2D eigenvalue weighted by Gasteiger charge is 2.38. The smallest absolute Gasteiger partial charge is 0.462 e. The fraction of sp³-hybridized carbons (Fsp3) is 0.795. The highest BCUT2D eigenvalue weighted by atomic mass is 31.2. The summed E-state index contributed by atoms with van der Waals surface area (Å²) >= 11 is 0. The van der Waals surface area contributed by atoms with Crippen LogP contribution in [0.15, 0.2) is 23.8 Å². The summed E-state index contributed by atoms with van der Waals surface area (Å²) < 4.78 is 40.1. The van der Waals surface area contributed by atoms with Crippen LogP contribution in [0, 0.1) is 17.8 Å². The first-order chi connectivity index (χ1) is 26.8. The normalized spacial score (nSPS) is 20.1. The maximum absolute atomic E-state index is 12.8. The number of ketones is 1. The Morgan fingerprint density at radius 2 is 1.45 bits per heavy atom. The minimum Gasteiger partial charge on any atom is -0.462 e. The van der Waals surface area contributed by atoms with Crippen molar-refractivity contribution in [3.05, 3.63) is 23.8 Å². The van der Waals surface area contributed by atoms with Gasteiger partial charge in [-0.3, -0.25) is 23.4 Å². The number of epoxide rings is 1. The first-order valence-corrected chi connectivity index (χ1v) is 23.2. The number of hydrogen-bond donors (Lipinski definition) is 1. The predicted molar refractivity (Wildman–Crippen MR) is 221 cm³/mol. The van der Waals surface area contributed by atoms with Crippen molar-refractivity contribution in [2.24, 2.45) is 5.92 Å². The third kappa shape index (κ3) is 25.1. The van der Waals surface area contributed by atoms with Crippen molar-refractivity contribution < 1.29 is 51.6 Å². The summed E-state index contributed by atoms with van der Waals surface area (Å²) in [6.45, 7) is 4.12. The van der Waals surface area contributed by atoms with Crippen molar-refractivity contribution >= 4 is 25.5 Å². The number of hydrogen-bond acceptors (Lipinski definition) is 9. The summed E-state index contributed by atoms with van der Waals surface area (Å²) in [4.78, 5) is 48.1. The molecular formula is C44H75NO10P+. The molecule has 1 unspecified atom stereocenters. The third-order valence-electron chi connectivity index (χ3n) is 10.0. The number of esters is 2. The summed E-state index contributed by atoms with van der Waals surface area (Å²) in [6.07, 6.45) is 26.0. The molecule has 0 bridgehead atoms. The molecule has 56 heavy (non-hydrogen) atoms. The standard InChI is InChI=1S/C44H74NO10P/c1-6-8-10-12-14-15-16-17-18-19-20-22-24-28-43(47)51-35-38(36-53-56(49,50)52-33-32-45(3,4)5)54-44(48)29-25-27-41-42(55-41)34-39-37(30-31-40(39)46)26-23-21-13-11-9-7-2/h30-31,34,37-38,41-42H,6-20,22,24-29,32-33,35-36H2,1-5H3/p+1/b39-34-/t37-,38+,41+,42+/m0/s1. The van der Waals surface area contributed by atoms with Crippen LogP contribution in [-0.4, -0.2) is 92.9 Å². The van der Waals surface area contributed by atoms with Gasteiger partial charge in [0.2, 0.25) is 0 Å². The van der Waals surface area contributed by atoms with Crippen LogP contribution in [-0.2, 0) is 42.2 Å². The van der Waals surface area contributed by atoms with E-state index in [9.17, 15) is 23.8 Å². The molecular weight excluding hydrogens is 733 g/mol. The zero-order chi connectivity index (χ0) is 41.1. The molecule has 0 spiro atoms. The average Bonchev–Trinajstić information content (AvgIpc) is 3.80. The summed E-state index contributed by atoms with van der Waals surface area (Å²) in [5, 5.41) is 0. The van der Waals surface area contributed by atoms with Gasteiger partial charge in [-0.1, -0.05) is 110 Å². The van der Waals surface area contributed by atoms with E-state index < -0.39 is 32.5 Å². The number of ether oxygens (including phenoxy) is 3. The fourth-order valence-corrected chi connectivity index (χ4v) is 7.16. The van der Waals surface area contributed by atoms with Gasteiger partial charge in [0.15, 0.2) is 11.9 Å². The molecule has 0 saturated carbocycles. The molecule has 0 radical (unpaired) electrons. The molecule has 0 amide bonds. The van der Waals surface area contributed by atoms with Gasteiger partial charge in [-0.15, -0.1) is 11.8 Å². The molecule has 2 aliphatic rings. The molecule has 1 aliphatic carbocycles. The zero-order valence-corrected chi connectivity index (χ0v) is 36.3. The lowest BCUT2D eigenvalue weighted by Gasteiger charge is -2.24. The maximum Gasteiger partial charge on any atom is 0.472 e. The second-order valence-corrected chi connectivity index (χ2v) is 17.9. The van der Waals surface area contributed by atoms with Gasteiger partial charge in [-0.05, 0) is 37.8 Å². The minimum absolute atomic E-state index is 0.00466. The Balaban J connectivity index is 1.74. The van der Waals surface area contributed by atoms with E-state index in [4.69, 9.17) is 23.3 Å². The quantitative estimate of drug-likeness (QED) is 0.0130. The number of carbonyl (C=O) groups excluding carboxylic acids is 3. The number of unbranched alkanes of at least 4 members (excludes halogenated alkanes) is 15. The van der Waals surface area contributed by atoms with Crippen LogP contribution in [0.1, 0.15) is 155 Å². The van der Waals surface area contributed by atoms with Crippen molar-refractivity contribution in [1.82, 2.24) is 0 Å². The Bertz CT molecular complexity index is 1310. The highest BCUT2D eigenvalue weighted by molar-refractivity contribution is 7.47. The molecule has 0 aromatic heterocycles. The number of phosphoric ester groups is 1. The zero-order valence-electron chi connectivity index (χ0n) is 35.4. The van der Waals surface area contributed by atoms with Crippen LogP contribution >= 0.6 is 7.82 Å². The van der Waals surface area contributed by atoms with E-state index >= 15 is 0 Å². The van der Waals surface area contributed by atoms with Crippen LogP contribution < -0.4 is 0 Å². The Kier molecular flexibility index (Phi) is 25.8. The molecule has 11 nitrogen and oxygen atoms in total. The summed E-state index contributed by atoms with van der Waals surface area (Å²) in [5.74, 6) is 5.43. The first-order valence-electron chi connectivity index (χ1n) is 21.7. The molecule has 5 atom stereocenters. The second-order valence-electron chi connectivity index (χ2n) is 16.4. The van der Waals surface area contributed by atoms with Gasteiger partial charge in [0.05, 0.1) is 33.9 Å². The van der Waals surface area contributed by atoms with Gasteiger partial charge in [0.25, 0.3) is 0 Å². The van der Waals surface area contributed by atoms with E-state index in [1.54, 1.807) is 6.08 Å². The Hall–Kier alpha value is -2.32. The van der Waals surface area contributed by atoms with Crippen molar-refractivity contribution in [3.8, 4) is 11.8 Å². The average molecular weight is 809 g/mol. The Morgan fingerprint density at radius 3 is 2.09 bits per heavy atom. The number of likely N-dealkylation sites (N-methyl/N-ethyl adjacent to an activating group) is 1. The van der Waals surface area contributed by atoms with E-state index in [2.05, 4.69) is 25.7 Å². The SMILES string of the molecule is CCCCCC#CC[C@H]1C=CC(=O)/C1=C\[C@H]1O[C@@H]1CCCC(=O)O[C@H](COC(=O)CCCCCCCCCCCCCCC)COP(=O)(O)OCC[N+](C)(C)C. The second kappa shape index (κ2) is 29.0. The third-order valence-corrected chi connectivity index (χ3v) is 11.0. The molecule has 1 saturated heterocycles. The van der Waals surface area contributed by atoms with E-state index in [0.717, 1.165) is 38.5 Å². The molecule has 2 rings (SSSR count). The molecule has 0 aromatic carbocycles. The highest BCUT2D eigenvalue weighted by Crippen LogP contribution is 2.43. The largest absolute Gasteiger partial charge is 0.472 e. The summed E-state index contributed by atoms with van der Waals surface area (Å²) in [7, 11) is 1.35. The van der Waals surface area contributed by atoms with Gasteiger partial charge >= 0.3 is 19.8 Å². The number of rotatable bonds is 33. The molecule has 12 heteroatoms. The number of quaternary nitrogens is 1. The minimum atomic E-state index is -4.43. The molecule has 1 heterocycles. The van der Waals surface area contributed by atoms with Crippen LogP contribution in [0.2, 0.25) is 0 Å². The van der Waals surface area contributed by atoms with E-state index in [0.29, 0.717) is 42.3 Å². The van der Waals surface area contributed by atoms with Crippen molar-refractivity contribution in [2.75, 3.05) is 47.5 Å². The lowest BCUT2D eigenvalue weighted by Crippen LogP contribution is -2.37. The van der Waals surface area contributed by atoms with Crippen LogP contribution in [0.3, 0.4) is 0 Å². The van der Waals surface area contributed by atoms with Gasteiger partial charge in [0, 0.05) is 37.2 Å². The Morgan fingerprint density at radius 1 is 0.839 bits per heavy atom. The number of nitrogens with zero attached hydrogens (tertiary/aromatic N) is 1. The summed E-state index contributed by atoms with van der Waals surface area (Å²) in [5.41, 5.74) is 0.717. The van der Waals surface area contributed by atoms with Crippen molar-refractivity contribution in [2.45, 2.75) is 173 Å². The number of allylic oxidation sites excluding steroid dienone is 3. The van der Waals surface area contributed by atoms with Crippen molar-refractivity contribution in [3.63, 3.8) is 0 Å². The molecule has 320 valence electrons.